The van der Waals surface area contributed by atoms with Crippen LogP contribution in [0.4, 0.5) is 5.82 Å². The number of amides is 1. The molecule has 3 saturated heterocycles. The highest BCUT2D eigenvalue weighted by Gasteiger charge is 2.43. The van der Waals surface area contributed by atoms with Gasteiger partial charge in [0, 0.05) is 38.6 Å². The van der Waals surface area contributed by atoms with Gasteiger partial charge in [0.1, 0.15) is 0 Å². The van der Waals surface area contributed by atoms with E-state index in [9.17, 15) is 4.79 Å². The fourth-order valence-electron chi connectivity index (χ4n) is 4.72. The van der Waals surface area contributed by atoms with Crippen LogP contribution >= 0.6 is 0 Å². The topological polar surface area (TPSA) is 52.6 Å². The number of nitrogens with zero attached hydrogens (tertiary/aromatic N) is 5. The summed E-state index contributed by atoms with van der Waals surface area (Å²) in [5.41, 5.74) is 1.27. The van der Waals surface area contributed by atoms with Gasteiger partial charge >= 0.3 is 0 Å². The molecule has 25 heavy (non-hydrogen) atoms. The van der Waals surface area contributed by atoms with Crippen molar-refractivity contribution in [3.63, 3.8) is 0 Å². The maximum absolute atomic E-state index is 12.5. The van der Waals surface area contributed by atoms with Crippen LogP contribution in [0.3, 0.4) is 0 Å². The lowest BCUT2D eigenvalue weighted by Gasteiger charge is -2.49. The third-order valence-electron chi connectivity index (χ3n) is 6.43. The molecule has 136 valence electrons. The molecule has 4 rings (SSSR count). The molecule has 0 bridgehead atoms. The second-order valence-corrected chi connectivity index (χ2v) is 8.25. The van der Waals surface area contributed by atoms with Crippen LogP contribution in [0, 0.1) is 12.3 Å². The lowest BCUT2D eigenvalue weighted by atomic mass is 9.72. The Hall–Kier alpha value is -1.69. The van der Waals surface area contributed by atoms with Crippen LogP contribution in [0.5, 0.6) is 0 Å². The third-order valence-corrected chi connectivity index (χ3v) is 6.43. The number of piperidine rings is 2. The number of aromatic nitrogens is 2. The number of hydrogen-bond acceptors (Lipinski definition) is 5. The van der Waals surface area contributed by atoms with Crippen molar-refractivity contribution in [3.05, 3.63) is 17.8 Å². The first-order chi connectivity index (χ1) is 12.0. The van der Waals surface area contributed by atoms with Gasteiger partial charge in [-0.15, -0.1) is 5.10 Å². The molecule has 0 unspecified atom stereocenters. The maximum atomic E-state index is 12.5. The summed E-state index contributed by atoms with van der Waals surface area (Å²) in [4.78, 5) is 19.4. The van der Waals surface area contributed by atoms with Gasteiger partial charge in [0.05, 0.1) is 5.69 Å². The molecule has 1 amide bonds. The quantitative estimate of drug-likeness (QED) is 0.818. The van der Waals surface area contributed by atoms with E-state index in [1.807, 2.05) is 13.0 Å². The molecule has 3 aliphatic rings. The average Bonchev–Trinajstić information content (AvgIpc) is 3.05. The van der Waals surface area contributed by atoms with Gasteiger partial charge in [-0.2, -0.15) is 5.10 Å². The highest BCUT2D eigenvalue weighted by atomic mass is 16.2. The number of rotatable bonds is 2. The van der Waals surface area contributed by atoms with E-state index in [2.05, 4.69) is 38.0 Å². The zero-order valence-electron chi connectivity index (χ0n) is 15.4. The highest BCUT2D eigenvalue weighted by molar-refractivity contribution is 5.77. The van der Waals surface area contributed by atoms with Gasteiger partial charge in [0.2, 0.25) is 5.91 Å². The van der Waals surface area contributed by atoms with Crippen molar-refractivity contribution in [1.29, 1.82) is 0 Å². The highest BCUT2D eigenvalue weighted by Crippen LogP contribution is 2.42. The van der Waals surface area contributed by atoms with E-state index in [0.717, 1.165) is 76.3 Å². The van der Waals surface area contributed by atoms with Gasteiger partial charge in [0.15, 0.2) is 5.82 Å². The molecule has 3 fully saturated rings. The van der Waals surface area contributed by atoms with Crippen LogP contribution < -0.4 is 4.90 Å². The monoisotopic (exact) mass is 343 g/mol. The summed E-state index contributed by atoms with van der Waals surface area (Å²) in [6.07, 6.45) is 5.20. The number of aryl methyl sites for hydroxylation is 1. The Bertz CT molecular complexity index is 623. The van der Waals surface area contributed by atoms with Crippen molar-refractivity contribution >= 4 is 11.7 Å². The van der Waals surface area contributed by atoms with Crippen LogP contribution in [-0.4, -0.2) is 71.7 Å². The van der Waals surface area contributed by atoms with Crippen molar-refractivity contribution in [2.24, 2.45) is 5.41 Å². The van der Waals surface area contributed by atoms with Crippen LogP contribution in [0.1, 0.15) is 37.8 Å². The summed E-state index contributed by atoms with van der Waals surface area (Å²) in [7, 11) is 2.16. The summed E-state index contributed by atoms with van der Waals surface area (Å²) in [5, 5.41) is 8.53. The van der Waals surface area contributed by atoms with Crippen LogP contribution in [0.2, 0.25) is 0 Å². The molecule has 0 N–H and O–H groups in total. The number of hydrogen-bond donors (Lipinski definition) is 0. The molecule has 6 nitrogen and oxygen atoms in total. The fraction of sp³-hybridized carbons (Fsp3) is 0.737. The Morgan fingerprint density at radius 1 is 1.12 bits per heavy atom. The lowest BCUT2D eigenvalue weighted by molar-refractivity contribution is -0.141. The first kappa shape index (κ1) is 16.8. The predicted molar refractivity (Wildman–Crippen MR) is 97.5 cm³/mol. The SMILES string of the molecule is Cc1ccc(N2CCC3(CCC(=O)N([C@H]4CCN(C)C4)C3)CC2)nn1. The van der Waals surface area contributed by atoms with E-state index >= 15 is 0 Å². The Morgan fingerprint density at radius 2 is 1.92 bits per heavy atom. The van der Waals surface area contributed by atoms with Crippen molar-refractivity contribution < 1.29 is 4.79 Å². The minimum Gasteiger partial charge on any atom is -0.355 e. The second-order valence-electron chi connectivity index (χ2n) is 8.25. The Balaban J connectivity index is 1.41. The van der Waals surface area contributed by atoms with E-state index in [4.69, 9.17) is 0 Å². The van der Waals surface area contributed by atoms with Gasteiger partial charge in [-0.05, 0) is 63.7 Å². The first-order valence-electron chi connectivity index (χ1n) is 9.58. The van der Waals surface area contributed by atoms with Crippen molar-refractivity contribution in [2.45, 2.75) is 45.1 Å². The molecule has 0 radical (unpaired) electrons. The molecular weight excluding hydrogens is 314 g/mol. The average molecular weight is 343 g/mol. The fourth-order valence-corrected chi connectivity index (χ4v) is 4.72. The molecule has 0 saturated carbocycles. The normalized spacial score (nSPS) is 27.3. The molecular formula is C19H29N5O. The Labute approximate surface area is 150 Å². The summed E-state index contributed by atoms with van der Waals surface area (Å²) >= 11 is 0. The zero-order chi connectivity index (χ0) is 17.4. The summed E-state index contributed by atoms with van der Waals surface area (Å²) < 4.78 is 0. The van der Waals surface area contributed by atoms with Crippen LogP contribution in [-0.2, 0) is 4.79 Å². The summed E-state index contributed by atoms with van der Waals surface area (Å²) in [6.45, 7) is 7.11. The largest absolute Gasteiger partial charge is 0.355 e. The van der Waals surface area contributed by atoms with E-state index in [1.165, 1.54) is 0 Å². The van der Waals surface area contributed by atoms with E-state index in [0.29, 0.717) is 17.4 Å². The van der Waals surface area contributed by atoms with Crippen molar-refractivity contribution in [3.8, 4) is 0 Å². The van der Waals surface area contributed by atoms with Gasteiger partial charge in [0.25, 0.3) is 0 Å². The number of likely N-dealkylation sites (N-methyl/N-ethyl adjacent to an activating group) is 1. The van der Waals surface area contributed by atoms with Crippen molar-refractivity contribution in [2.75, 3.05) is 44.7 Å². The molecule has 3 aliphatic heterocycles. The molecule has 4 heterocycles. The van der Waals surface area contributed by atoms with Crippen molar-refractivity contribution in [1.82, 2.24) is 20.0 Å². The number of anilines is 1. The van der Waals surface area contributed by atoms with Gasteiger partial charge in [-0.1, -0.05) is 0 Å². The molecule has 6 heteroatoms. The smallest absolute Gasteiger partial charge is 0.222 e. The van der Waals surface area contributed by atoms with Gasteiger partial charge in [-0.25, -0.2) is 0 Å². The van der Waals surface area contributed by atoms with Gasteiger partial charge in [-0.3, -0.25) is 4.79 Å². The molecule has 1 spiro atoms. The number of likely N-dealkylation sites (tertiary alicyclic amines) is 2. The summed E-state index contributed by atoms with van der Waals surface area (Å²) in [6, 6.07) is 4.53. The molecule has 1 aromatic heterocycles. The van der Waals surface area contributed by atoms with E-state index < -0.39 is 0 Å². The van der Waals surface area contributed by atoms with E-state index in [-0.39, 0.29) is 0 Å². The van der Waals surface area contributed by atoms with Gasteiger partial charge < -0.3 is 14.7 Å². The predicted octanol–water partition coefficient (Wildman–Crippen LogP) is 1.70. The molecule has 0 aliphatic carbocycles. The minimum atomic E-state index is 0.309. The summed E-state index contributed by atoms with van der Waals surface area (Å²) in [5.74, 6) is 1.36. The lowest BCUT2D eigenvalue weighted by Crippen LogP contribution is -2.55. The maximum Gasteiger partial charge on any atom is 0.222 e. The molecule has 0 aromatic carbocycles. The Morgan fingerprint density at radius 3 is 2.56 bits per heavy atom. The zero-order valence-corrected chi connectivity index (χ0v) is 15.4. The first-order valence-corrected chi connectivity index (χ1v) is 9.58. The third kappa shape index (κ3) is 3.36. The van der Waals surface area contributed by atoms with Crippen LogP contribution in [0.15, 0.2) is 12.1 Å². The molecule has 1 aromatic rings. The number of carbonyl (C=O) groups is 1. The standard InChI is InChI=1S/C19H29N5O/c1-15-3-4-17(21-20-15)23-11-8-19(9-12-23)7-5-18(25)24(14-19)16-6-10-22(2)13-16/h3-4,16H,5-14H2,1-2H3/t16-/m0/s1. The molecule has 1 atom stereocenters. The van der Waals surface area contributed by atoms with Crippen LogP contribution in [0.25, 0.3) is 0 Å². The minimum absolute atomic E-state index is 0.309. The Kier molecular flexibility index (Phi) is 4.40. The number of carbonyl (C=O) groups excluding carboxylic acids is 1. The second kappa shape index (κ2) is 6.56. The van der Waals surface area contributed by atoms with E-state index in [1.54, 1.807) is 0 Å².